The highest BCUT2D eigenvalue weighted by atomic mass is 79.9. The van der Waals surface area contributed by atoms with Gasteiger partial charge in [-0.1, -0.05) is 34.1 Å². The first-order valence-electron chi connectivity index (χ1n) is 6.94. The Balaban J connectivity index is 1.74. The minimum Gasteiger partial charge on any atom is -0.484 e. The van der Waals surface area contributed by atoms with Gasteiger partial charge in [0.2, 0.25) is 0 Å². The van der Waals surface area contributed by atoms with Gasteiger partial charge in [0.05, 0.1) is 0 Å². The number of rotatable bonds is 5. The van der Waals surface area contributed by atoms with Gasteiger partial charge < -0.3 is 4.74 Å². The van der Waals surface area contributed by atoms with Gasteiger partial charge in [0, 0.05) is 10.5 Å². The van der Waals surface area contributed by atoms with E-state index in [1.165, 1.54) is 30.3 Å². The van der Waals surface area contributed by atoms with Crippen LogP contribution >= 0.6 is 15.9 Å². The van der Waals surface area contributed by atoms with Crippen LogP contribution in [0, 0.1) is 5.82 Å². The fourth-order valence-corrected chi connectivity index (χ4v) is 2.08. The molecular weight excluding hydrogens is 379 g/mol. The van der Waals surface area contributed by atoms with E-state index < -0.39 is 17.6 Å². The molecule has 2 N–H and O–H groups in total. The molecule has 0 aliphatic heterocycles. The van der Waals surface area contributed by atoms with Gasteiger partial charge in [-0.3, -0.25) is 20.4 Å². The number of carbonyl (C=O) groups excluding carboxylic acids is 2. The summed E-state index contributed by atoms with van der Waals surface area (Å²) < 4.78 is 18.7. The van der Waals surface area contributed by atoms with Crippen molar-refractivity contribution in [1.82, 2.24) is 10.9 Å². The number of hydrogen-bond donors (Lipinski definition) is 2. The highest BCUT2D eigenvalue weighted by Gasteiger charge is 2.04. The van der Waals surface area contributed by atoms with Crippen LogP contribution in [0.2, 0.25) is 0 Å². The molecule has 24 heavy (non-hydrogen) atoms. The van der Waals surface area contributed by atoms with Crippen LogP contribution in [0.5, 0.6) is 5.75 Å². The Morgan fingerprint density at radius 2 is 1.79 bits per heavy atom. The van der Waals surface area contributed by atoms with Gasteiger partial charge in [-0.25, -0.2) is 4.39 Å². The second kappa shape index (κ2) is 8.83. The van der Waals surface area contributed by atoms with E-state index in [-0.39, 0.29) is 6.61 Å². The Bertz CT molecular complexity index is 748. The van der Waals surface area contributed by atoms with Crippen LogP contribution in [-0.4, -0.2) is 18.4 Å². The fraction of sp³-hybridized carbons (Fsp3) is 0.0588. The van der Waals surface area contributed by atoms with E-state index in [0.29, 0.717) is 5.75 Å². The lowest BCUT2D eigenvalue weighted by atomic mass is 10.2. The smallest absolute Gasteiger partial charge is 0.276 e. The van der Waals surface area contributed by atoms with E-state index in [9.17, 15) is 14.0 Å². The van der Waals surface area contributed by atoms with Crippen molar-refractivity contribution in [2.24, 2.45) is 0 Å². The van der Waals surface area contributed by atoms with Crippen molar-refractivity contribution in [3.63, 3.8) is 0 Å². The Kier molecular flexibility index (Phi) is 6.51. The molecule has 0 saturated heterocycles. The molecule has 5 nitrogen and oxygen atoms in total. The SMILES string of the molecule is O=C(/C=C/c1ccccc1Br)NNC(=O)COc1ccc(F)cc1. The van der Waals surface area contributed by atoms with Crippen molar-refractivity contribution in [1.29, 1.82) is 0 Å². The number of hydrazine groups is 1. The fourth-order valence-electron chi connectivity index (χ4n) is 1.66. The van der Waals surface area contributed by atoms with E-state index in [1.807, 2.05) is 24.3 Å². The zero-order chi connectivity index (χ0) is 17.4. The van der Waals surface area contributed by atoms with Gasteiger partial charge in [0.15, 0.2) is 6.61 Å². The maximum Gasteiger partial charge on any atom is 0.276 e. The predicted molar refractivity (Wildman–Crippen MR) is 91.4 cm³/mol. The molecule has 0 saturated carbocycles. The van der Waals surface area contributed by atoms with E-state index in [2.05, 4.69) is 26.8 Å². The van der Waals surface area contributed by atoms with Crippen LogP contribution < -0.4 is 15.6 Å². The summed E-state index contributed by atoms with van der Waals surface area (Å²) in [5.74, 6) is -1.06. The molecule has 0 heterocycles. The molecule has 2 amide bonds. The standard InChI is InChI=1S/C17H14BrFN2O3/c18-15-4-2-1-3-12(15)5-10-16(22)20-21-17(23)11-24-14-8-6-13(19)7-9-14/h1-10H,11H2,(H,20,22)(H,21,23)/b10-5+. The summed E-state index contributed by atoms with van der Waals surface area (Å²) >= 11 is 3.36. The molecule has 0 radical (unpaired) electrons. The van der Waals surface area contributed by atoms with Crippen LogP contribution in [0.3, 0.4) is 0 Å². The van der Waals surface area contributed by atoms with E-state index >= 15 is 0 Å². The van der Waals surface area contributed by atoms with Crippen molar-refractivity contribution in [3.05, 3.63) is 70.5 Å². The quantitative estimate of drug-likeness (QED) is 0.607. The van der Waals surface area contributed by atoms with Crippen molar-refractivity contribution < 1.29 is 18.7 Å². The summed E-state index contributed by atoms with van der Waals surface area (Å²) in [6.07, 6.45) is 2.90. The van der Waals surface area contributed by atoms with Gasteiger partial charge in [-0.15, -0.1) is 0 Å². The molecule has 0 aromatic heterocycles. The first-order valence-corrected chi connectivity index (χ1v) is 7.73. The van der Waals surface area contributed by atoms with Crippen LogP contribution in [-0.2, 0) is 9.59 Å². The number of hydrogen-bond acceptors (Lipinski definition) is 3. The maximum absolute atomic E-state index is 12.7. The number of carbonyl (C=O) groups is 2. The van der Waals surface area contributed by atoms with Crippen LogP contribution in [0.1, 0.15) is 5.56 Å². The highest BCUT2D eigenvalue weighted by Crippen LogP contribution is 2.16. The number of halogens is 2. The largest absolute Gasteiger partial charge is 0.484 e. The third-order valence-electron chi connectivity index (χ3n) is 2.83. The highest BCUT2D eigenvalue weighted by molar-refractivity contribution is 9.10. The third-order valence-corrected chi connectivity index (χ3v) is 3.55. The number of ether oxygens (including phenoxy) is 1. The summed E-state index contributed by atoms with van der Waals surface area (Å²) in [5.41, 5.74) is 5.28. The first kappa shape index (κ1) is 17.7. The normalized spacial score (nSPS) is 10.4. The first-order chi connectivity index (χ1) is 11.5. The molecule has 2 aromatic carbocycles. The minimum absolute atomic E-state index is 0.306. The molecule has 0 aliphatic carbocycles. The number of nitrogens with one attached hydrogen (secondary N) is 2. The van der Waals surface area contributed by atoms with Crippen LogP contribution in [0.4, 0.5) is 4.39 Å². The predicted octanol–water partition coefficient (Wildman–Crippen LogP) is 2.83. The molecule has 0 aliphatic rings. The van der Waals surface area contributed by atoms with Crippen LogP contribution in [0.25, 0.3) is 6.08 Å². The summed E-state index contributed by atoms with van der Waals surface area (Å²) in [7, 11) is 0. The molecule has 0 unspecified atom stereocenters. The second-order valence-electron chi connectivity index (χ2n) is 4.63. The molecule has 2 rings (SSSR count). The lowest BCUT2D eigenvalue weighted by Gasteiger charge is -2.07. The molecule has 0 atom stereocenters. The molecular formula is C17H14BrFN2O3. The third kappa shape index (κ3) is 5.85. The second-order valence-corrected chi connectivity index (χ2v) is 5.49. The Hall–Kier alpha value is -2.67. The Morgan fingerprint density at radius 1 is 1.08 bits per heavy atom. The van der Waals surface area contributed by atoms with Gasteiger partial charge in [0.25, 0.3) is 11.8 Å². The molecule has 0 spiro atoms. The summed E-state index contributed by atoms with van der Waals surface area (Å²) in [6.45, 7) is -0.306. The molecule has 2 aromatic rings. The average Bonchev–Trinajstić information content (AvgIpc) is 2.58. The summed E-state index contributed by atoms with van der Waals surface area (Å²) in [6, 6.07) is 12.7. The average molecular weight is 393 g/mol. The van der Waals surface area contributed by atoms with Crippen molar-refractivity contribution in [2.45, 2.75) is 0 Å². The molecule has 0 bridgehead atoms. The summed E-state index contributed by atoms with van der Waals surface area (Å²) in [4.78, 5) is 23.2. The number of amides is 2. The molecule has 124 valence electrons. The topological polar surface area (TPSA) is 67.4 Å². The van der Waals surface area contributed by atoms with Crippen LogP contribution in [0.15, 0.2) is 59.1 Å². The monoisotopic (exact) mass is 392 g/mol. The lowest BCUT2D eigenvalue weighted by Crippen LogP contribution is -2.43. The number of benzene rings is 2. The zero-order valence-corrected chi connectivity index (χ0v) is 14.0. The zero-order valence-electron chi connectivity index (χ0n) is 12.5. The van der Waals surface area contributed by atoms with E-state index in [4.69, 9.17) is 4.74 Å². The molecule has 0 fully saturated rings. The van der Waals surface area contributed by atoms with Crippen molar-refractivity contribution in [3.8, 4) is 5.75 Å². The van der Waals surface area contributed by atoms with E-state index in [0.717, 1.165) is 10.0 Å². The van der Waals surface area contributed by atoms with Gasteiger partial charge >= 0.3 is 0 Å². The Morgan fingerprint density at radius 3 is 2.50 bits per heavy atom. The van der Waals surface area contributed by atoms with Gasteiger partial charge in [-0.05, 0) is 42.0 Å². The maximum atomic E-state index is 12.7. The van der Waals surface area contributed by atoms with Crippen molar-refractivity contribution >= 4 is 33.8 Å². The van der Waals surface area contributed by atoms with Crippen molar-refractivity contribution in [2.75, 3.05) is 6.61 Å². The summed E-state index contributed by atoms with van der Waals surface area (Å²) in [5, 5.41) is 0. The lowest BCUT2D eigenvalue weighted by molar-refractivity contribution is -0.128. The van der Waals surface area contributed by atoms with Gasteiger partial charge in [-0.2, -0.15) is 0 Å². The minimum atomic E-state index is -0.540. The molecule has 7 heteroatoms. The van der Waals surface area contributed by atoms with Gasteiger partial charge in [0.1, 0.15) is 11.6 Å². The Labute approximate surface area is 146 Å². The van der Waals surface area contributed by atoms with E-state index in [1.54, 1.807) is 6.08 Å².